The van der Waals surface area contributed by atoms with E-state index in [9.17, 15) is 86.8 Å². The van der Waals surface area contributed by atoms with Crippen LogP contribution in [0.5, 0.6) is 0 Å². The van der Waals surface area contributed by atoms with Gasteiger partial charge in [-0.25, -0.2) is 0 Å². The molecule has 0 aromatic heterocycles. The monoisotopic (exact) mass is 1350 g/mol. The molecule has 17 N–H and O–H groups in total. The molecule has 0 bridgehead atoms. The molecule has 4 saturated carbocycles. The van der Waals surface area contributed by atoms with Crippen molar-refractivity contribution in [1.29, 1.82) is 0 Å². The third-order valence-electron chi connectivity index (χ3n) is 24.8. The van der Waals surface area contributed by atoms with E-state index in [4.69, 9.17) is 56.8 Å². The smallest absolute Gasteiger partial charge is 0.315 e. The highest BCUT2D eigenvalue weighted by Crippen LogP contribution is 2.76. The topological polar surface area (TPSA) is 472 Å². The van der Waals surface area contributed by atoms with E-state index in [0.717, 1.165) is 25.7 Å². The lowest BCUT2D eigenvalue weighted by atomic mass is 9.33. The molecule has 5 aliphatic carbocycles. The molecule has 0 aromatic carbocycles. The molecule has 30 heteroatoms. The van der Waals surface area contributed by atoms with Crippen LogP contribution in [0.3, 0.4) is 0 Å². The van der Waals surface area contributed by atoms with E-state index in [2.05, 4.69) is 54.5 Å². The SMILES string of the molecule is C[C@@H]1O[C@@H](O[C@H]2[C@H](O)[C@@H](O)[C@H](O[C@H]3CC[C@]4(C)[C@H]5CC=C6[C@@H]7CC(C)(C)CC[C@]7(C(=O)O[C@@H]7O[C@H](CO[C@@H]8O[C@H](CO)[C@@H](O)[C@H](O)[C@H]8O)[C@@H](O)[C@H](O)[C@H]7O)CC[C@@]6(C)[C@]5(C)CC[C@H]4C3(C)C)O[C@@H]2CO)[C@H](O)[C@H](O[C@@H]2OC[C@@H](O[C@@H]3OC[C@@H](O)[C@H](O)[C@H]3O)[C@H](O)[C@H]2O)[C@H]1O. The highest BCUT2D eigenvalue weighted by Gasteiger charge is 2.70. The van der Waals surface area contributed by atoms with Gasteiger partial charge in [0.25, 0.3) is 0 Å². The number of hydrogen-bond donors (Lipinski definition) is 17. The minimum Gasteiger partial charge on any atom is -0.432 e. The second-order valence-electron chi connectivity index (χ2n) is 31.0. The number of ether oxygens (including phenoxy) is 12. The van der Waals surface area contributed by atoms with Crippen LogP contribution >= 0.6 is 0 Å². The first-order chi connectivity index (χ1) is 44.1. The number of esters is 1. The molecule has 6 aliphatic heterocycles. The summed E-state index contributed by atoms with van der Waals surface area (Å²) in [5.41, 5.74) is -1.40. The zero-order chi connectivity index (χ0) is 68.4. The maximum absolute atomic E-state index is 15.2. The van der Waals surface area contributed by atoms with Gasteiger partial charge in [0.15, 0.2) is 31.5 Å². The van der Waals surface area contributed by atoms with Crippen LogP contribution in [0, 0.1) is 50.2 Å². The highest BCUT2D eigenvalue weighted by atomic mass is 16.8. The van der Waals surface area contributed by atoms with Crippen molar-refractivity contribution in [2.24, 2.45) is 50.2 Å². The predicted octanol–water partition coefficient (Wildman–Crippen LogP) is -4.08. The maximum atomic E-state index is 15.2. The molecule has 36 atom stereocenters. The average Bonchev–Trinajstić information content (AvgIpc) is 0.676. The Labute approximate surface area is 545 Å². The lowest BCUT2D eigenvalue weighted by molar-refractivity contribution is -0.381. The Bertz CT molecular complexity index is 2640. The van der Waals surface area contributed by atoms with Gasteiger partial charge in [-0.2, -0.15) is 0 Å². The van der Waals surface area contributed by atoms with E-state index >= 15 is 4.79 Å². The summed E-state index contributed by atoms with van der Waals surface area (Å²) in [5, 5.41) is 184. The molecule has 30 nitrogen and oxygen atoms in total. The number of carbonyl (C=O) groups is 1. The van der Waals surface area contributed by atoms with E-state index in [1.165, 1.54) is 12.5 Å². The maximum Gasteiger partial charge on any atom is 0.315 e. The fourth-order valence-corrected chi connectivity index (χ4v) is 18.8. The zero-order valence-electron chi connectivity index (χ0n) is 54.6. The first kappa shape index (κ1) is 73.3. The molecule has 0 radical (unpaired) electrons. The second kappa shape index (κ2) is 27.5. The van der Waals surface area contributed by atoms with Gasteiger partial charge < -0.3 is 144 Å². The number of hydrogen-bond acceptors (Lipinski definition) is 30. The number of rotatable bonds is 15. The van der Waals surface area contributed by atoms with Gasteiger partial charge in [0, 0.05) is 0 Å². The molecule has 6 saturated heterocycles. The Kier molecular flexibility index (Phi) is 21.4. The predicted molar refractivity (Wildman–Crippen MR) is 315 cm³/mol. The van der Waals surface area contributed by atoms with Crippen molar-refractivity contribution in [3.8, 4) is 0 Å². The van der Waals surface area contributed by atoms with Crippen LogP contribution in [0.2, 0.25) is 0 Å². The van der Waals surface area contributed by atoms with Crippen LogP contribution in [0.25, 0.3) is 0 Å². The van der Waals surface area contributed by atoms with Crippen molar-refractivity contribution in [2.75, 3.05) is 33.0 Å². The van der Waals surface area contributed by atoms with Gasteiger partial charge in [0.1, 0.15) is 128 Å². The standard InChI is InChI=1S/C64H104O30/c1-25-36(68)51(93-54-45(77)40(72)32(24-85-54)89-52-44(76)37(69)28(67)22-83-52)49(81)57(86-25)92-50-30(21-66)88-55(48(80)43(50)75)91-35-12-13-61(6)33(60(35,4)5)11-14-63(8)34(61)10-9-26-27-19-59(2,3)15-17-64(27,18-16-62(26,63)7)58(82)94-56-47(79)42(74)39(71)31(90-56)23-84-53-46(78)41(73)38(70)29(20-65)87-53/h9,25,27-57,65-81H,10-24H2,1-8H3/t25-,27-,28+,29+,30+,31+,32+,33-,34+,35-,36-,37-,38+,39+,40-,41-,42-,43+,44+,45+,46+,47+,48+,49+,50+,51+,52-,53+,54-,55-,56-,57-,61-,62+,63+,64-/m0/s1. The molecule has 11 aliphatic rings. The van der Waals surface area contributed by atoms with Gasteiger partial charge in [0.05, 0.1) is 50.7 Å². The van der Waals surface area contributed by atoms with Crippen molar-refractivity contribution in [2.45, 2.75) is 298 Å². The molecule has 94 heavy (non-hydrogen) atoms. The summed E-state index contributed by atoms with van der Waals surface area (Å²) >= 11 is 0. The number of aliphatic hydroxyl groups is 17. The summed E-state index contributed by atoms with van der Waals surface area (Å²) in [6.45, 7) is 14.4. The van der Waals surface area contributed by atoms with E-state index in [-0.39, 0.29) is 46.0 Å². The van der Waals surface area contributed by atoms with Crippen molar-refractivity contribution in [3.63, 3.8) is 0 Å². The fourth-order valence-electron chi connectivity index (χ4n) is 18.8. The largest absolute Gasteiger partial charge is 0.432 e. The van der Waals surface area contributed by atoms with Crippen LogP contribution < -0.4 is 0 Å². The van der Waals surface area contributed by atoms with Crippen LogP contribution in [-0.2, 0) is 61.6 Å². The third-order valence-corrected chi connectivity index (χ3v) is 24.8. The minimum absolute atomic E-state index is 0.0888. The van der Waals surface area contributed by atoms with E-state index in [0.29, 0.717) is 38.5 Å². The van der Waals surface area contributed by atoms with Crippen LogP contribution in [0.4, 0.5) is 0 Å². The van der Waals surface area contributed by atoms with Gasteiger partial charge >= 0.3 is 5.97 Å². The van der Waals surface area contributed by atoms with Crippen molar-refractivity contribution < 1.29 is 148 Å². The molecule has 0 unspecified atom stereocenters. The summed E-state index contributed by atoms with van der Waals surface area (Å²) in [5.74, 6) is -0.594. The van der Waals surface area contributed by atoms with E-state index in [1.807, 2.05) is 0 Å². The summed E-state index contributed by atoms with van der Waals surface area (Å²) in [4.78, 5) is 15.2. The number of allylic oxidation sites excluding steroid dienone is 2. The van der Waals surface area contributed by atoms with Crippen LogP contribution in [-0.4, -0.2) is 304 Å². The number of aliphatic hydroxyl groups excluding tert-OH is 17. The fraction of sp³-hybridized carbons (Fsp3) is 0.953. The molecular weight excluding hydrogens is 1250 g/mol. The quantitative estimate of drug-likeness (QED) is 0.0421. The third kappa shape index (κ3) is 12.6. The van der Waals surface area contributed by atoms with Crippen LogP contribution in [0.15, 0.2) is 11.6 Å². The second-order valence-corrected chi connectivity index (χ2v) is 31.0. The van der Waals surface area contributed by atoms with Crippen LogP contribution in [0.1, 0.15) is 120 Å². The van der Waals surface area contributed by atoms with Gasteiger partial charge in [-0.3, -0.25) is 4.79 Å². The normalized spacial score (nSPS) is 54.2. The number of carbonyl (C=O) groups excluding carboxylic acids is 1. The molecule has 540 valence electrons. The van der Waals surface area contributed by atoms with Gasteiger partial charge in [-0.05, 0) is 116 Å². The summed E-state index contributed by atoms with van der Waals surface area (Å²) in [6, 6.07) is 0. The molecule has 0 aromatic rings. The van der Waals surface area contributed by atoms with Gasteiger partial charge in [0.2, 0.25) is 6.29 Å². The lowest BCUT2D eigenvalue weighted by Crippen LogP contribution is -2.67. The van der Waals surface area contributed by atoms with Crippen molar-refractivity contribution in [1.82, 2.24) is 0 Å². The molecule has 6 heterocycles. The Morgan fingerprint density at radius 3 is 1.78 bits per heavy atom. The van der Waals surface area contributed by atoms with E-state index in [1.54, 1.807) is 0 Å². The number of fused-ring (bicyclic) bond motifs is 7. The zero-order valence-corrected chi connectivity index (χ0v) is 54.6. The van der Waals surface area contributed by atoms with Crippen molar-refractivity contribution in [3.05, 3.63) is 11.6 Å². The van der Waals surface area contributed by atoms with E-state index < -0.39 is 221 Å². The summed E-state index contributed by atoms with van der Waals surface area (Å²) in [7, 11) is 0. The molecule has 0 spiro atoms. The molecule has 10 fully saturated rings. The van der Waals surface area contributed by atoms with Gasteiger partial charge in [-0.15, -0.1) is 0 Å². The Balaban J connectivity index is 0.734. The Morgan fingerprint density at radius 2 is 1.09 bits per heavy atom. The lowest BCUT2D eigenvalue weighted by Gasteiger charge is -2.71. The summed E-state index contributed by atoms with van der Waals surface area (Å²) in [6.07, 6.45) is -36.8. The van der Waals surface area contributed by atoms with Crippen molar-refractivity contribution >= 4 is 5.97 Å². The first-order valence-electron chi connectivity index (χ1n) is 33.5. The molecular formula is C64H104O30. The Hall–Kier alpha value is -1.91. The Morgan fingerprint density at radius 1 is 0.511 bits per heavy atom. The highest BCUT2D eigenvalue weighted by molar-refractivity contribution is 5.79. The average molecular weight is 1350 g/mol. The minimum atomic E-state index is -1.88. The molecule has 0 amide bonds. The summed E-state index contributed by atoms with van der Waals surface area (Å²) < 4.78 is 70.5. The van der Waals surface area contributed by atoms with Gasteiger partial charge in [-0.1, -0.05) is 60.1 Å². The first-order valence-corrected chi connectivity index (χ1v) is 33.5. The molecule has 11 rings (SSSR count).